The zero-order valence-electron chi connectivity index (χ0n) is 14.2. The number of carbonyl (C=O) groups excluding carboxylic acids is 2. The smallest absolute Gasteiger partial charge is 0.279 e. The van der Waals surface area contributed by atoms with Crippen molar-refractivity contribution in [2.24, 2.45) is 0 Å². The van der Waals surface area contributed by atoms with E-state index in [1.807, 2.05) is 24.3 Å². The van der Waals surface area contributed by atoms with E-state index in [1.54, 1.807) is 17.5 Å². The third kappa shape index (κ3) is 4.54. The number of amides is 2. The van der Waals surface area contributed by atoms with E-state index in [0.29, 0.717) is 23.0 Å². The summed E-state index contributed by atoms with van der Waals surface area (Å²) in [5, 5.41) is 5.73. The molecule has 0 aliphatic rings. The maximum atomic E-state index is 11.8. The fourth-order valence-corrected chi connectivity index (χ4v) is 2.86. The summed E-state index contributed by atoms with van der Waals surface area (Å²) in [5.74, 6) is 0.194. The average Bonchev–Trinajstić information content (AvgIpc) is 3.36. The van der Waals surface area contributed by atoms with Crippen molar-refractivity contribution in [3.05, 3.63) is 58.1 Å². The SMILES string of the molecule is CCc1ccc(-c2noc(CCC(=O)NNC(=O)c3cccs3)n2)cc1. The molecule has 2 amide bonds. The summed E-state index contributed by atoms with van der Waals surface area (Å²) in [7, 11) is 0. The lowest BCUT2D eigenvalue weighted by atomic mass is 10.1. The molecule has 2 heterocycles. The van der Waals surface area contributed by atoms with E-state index in [-0.39, 0.29) is 18.2 Å². The van der Waals surface area contributed by atoms with Gasteiger partial charge in [0.1, 0.15) is 0 Å². The van der Waals surface area contributed by atoms with Gasteiger partial charge in [0.15, 0.2) is 0 Å². The van der Waals surface area contributed by atoms with Gasteiger partial charge in [-0.05, 0) is 23.4 Å². The van der Waals surface area contributed by atoms with Gasteiger partial charge in [-0.2, -0.15) is 4.98 Å². The third-order valence-electron chi connectivity index (χ3n) is 3.71. The Balaban J connectivity index is 1.48. The average molecular weight is 370 g/mol. The van der Waals surface area contributed by atoms with Crippen LogP contribution in [-0.2, 0) is 17.6 Å². The van der Waals surface area contributed by atoms with Crippen molar-refractivity contribution in [1.29, 1.82) is 0 Å². The molecule has 8 heteroatoms. The van der Waals surface area contributed by atoms with E-state index < -0.39 is 0 Å². The number of hydrogen-bond acceptors (Lipinski definition) is 6. The van der Waals surface area contributed by atoms with Gasteiger partial charge in [-0.15, -0.1) is 11.3 Å². The summed E-state index contributed by atoms with van der Waals surface area (Å²) in [6.07, 6.45) is 1.39. The number of carbonyl (C=O) groups is 2. The Morgan fingerprint density at radius 2 is 1.96 bits per heavy atom. The number of rotatable bonds is 6. The highest BCUT2D eigenvalue weighted by Crippen LogP contribution is 2.17. The maximum Gasteiger partial charge on any atom is 0.279 e. The first kappa shape index (κ1) is 17.8. The monoisotopic (exact) mass is 370 g/mol. The fourth-order valence-electron chi connectivity index (χ4n) is 2.24. The van der Waals surface area contributed by atoms with E-state index in [2.05, 4.69) is 27.9 Å². The van der Waals surface area contributed by atoms with Crippen LogP contribution in [0, 0.1) is 0 Å². The molecule has 134 valence electrons. The zero-order valence-corrected chi connectivity index (χ0v) is 15.0. The molecule has 0 spiro atoms. The van der Waals surface area contributed by atoms with Crippen LogP contribution in [-0.4, -0.2) is 22.0 Å². The van der Waals surface area contributed by atoms with Crippen LogP contribution >= 0.6 is 11.3 Å². The van der Waals surface area contributed by atoms with Gasteiger partial charge in [0.25, 0.3) is 5.91 Å². The van der Waals surface area contributed by atoms with Crippen LogP contribution in [0.1, 0.15) is 34.5 Å². The minimum absolute atomic E-state index is 0.126. The Hall–Kier alpha value is -3.00. The van der Waals surface area contributed by atoms with Crippen LogP contribution in [0.2, 0.25) is 0 Å². The summed E-state index contributed by atoms with van der Waals surface area (Å²) in [4.78, 5) is 28.4. The Morgan fingerprint density at radius 3 is 2.65 bits per heavy atom. The molecule has 3 rings (SSSR count). The zero-order chi connectivity index (χ0) is 18.4. The van der Waals surface area contributed by atoms with E-state index in [4.69, 9.17) is 4.52 Å². The van der Waals surface area contributed by atoms with Crippen LogP contribution in [0.25, 0.3) is 11.4 Å². The third-order valence-corrected chi connectivity index (χ3v) is 4.58. The molecule has 0 saturated heterocycles. The first-order valence-electron chi connectivity index (χ1n) is 8.20. The van der Waals surface area contributed by atoms with Crippen molar-refractivity contribution in [2.45, 2.75) is 26.2 Å². The standard InChI is InChI=1S/C18H18N4O3S/c1-2-12-5-7-13(8-6-12)17-19-16(25-22-17)10-9-15(23)20-21-18(24)14-4-3-11-26-14/h3-8,11H,2,9-10H2,1H3,(H,20,23)(H,21,24). The van der Waals surface area contributed by atoms with E-state index in [0.717, 1.165) is 12.0 Å². The molecule has 1 aromatic carbocycles. The van der Waals surface area contributed by atoms with E-state index in [9.17, 15) is 9.59 Å². The first-order valence-corrected chi connectivity index (χ1v) is 9.08. The lowest BCUT2D eigenvalue weighted by Gasteiger charge is -2.04. The number of aryl methyl sites for hydroxylation is 2. The molecule has 0 bridgehead atoms. The number of nitrogens with zero attached hydrogens (tertiary/aromatic N) is 2. The molecule has 0 unspecified atom stereocenters. The number of nitrogens with one attached hydrogen (secondary N) is 2. The molecule has 0 aliphatic heterocycles. The van der Waals surface area contributed by atoms with Crippen LogP contribution in [0.3, 0.4) is 0 Å². The van der Waals surface area contributed by atoms with Gasteiger partial charge in [-0.25, -0.2) is 0 Å². The van der Waals surface area contributed by atoms with Crippen molar-refractivity contribution in [1.82, 2.24) is 21.0 Å². The Labute approximate surface area is 154 Å². The Morgan fingerprint density at radius 1 is 1.15 bits per heavy atom. The second-order valence-electron chi connectivity index (χ2n) is 5.54. The Bertz CT molecular complexity index is 872. The van der Waals surface area contributed by atoms with Crippen molar-refractivity contribution >= 4 is 23.2 Å². The van der Waals surface area contributed by atoms with E-state index >= 15 is 0 Å². The predicted molar refractivity (Wildman–Crippen MR) is 97.4 cm³/mol. The molecular formula is C18H18N4O3S. The van der Waals surface area contributed by atoms with Gasteiger partial charge in [0.05, 0.1) is 4.88 Å². The highest BCUT2D eigenvalue weighted by atomic mass is 32.1. The minimum Gasteiger partial charge on any atom is -0.339 e. The van der Waals surface area contributed by atoms with Gasteiger partial charge in [0, 0.05) is 18.4 Å². The topological polar surface area (TPSA) is 97.1 Å². The van der Waals surface area contributed by atoms with Crippen molar-refractivity contribution in [3.8, 4) is 11.4 Å². The van der Waals surface area contributed by atoms with Gasteiger partial charge in [0.2, 0.25) is 17.6 Å². The number of aromatic nitrogens is 2. The maximum absolute atomic E-state index is 11.8. The molecule has 0 atom stereocenters. The number of benzene rings is 1. The molecular weight excluding hydrogens is 352 g/mol. The van der Waals surface area contributed by atoms with Gasteiger partial charge in [-0.3, -0.25) is 20.4 Å². The molecule has 2 N–H and O–H groups in total. The number of hydrazine groups is 1. The van der Waals surface area contributed by atoms with Gasteiger partial charge >= 0.3 is 0 Å². The van der Waals surface area contributed by atoms with E-state index in [1.165, 1.54) is 16.9 Å². The second-order valence-corrected chi connectivity index (χ2v) is 6.49. The van der Waals surface area contributed by atoms with Gasteiger partial charge < -0.3 is 4.52 Å². The summed E-state index contributed by atoms with van der Waals surface area (Å²) in [6, 6.07) is 11.4. The van der Waals surface area contributed by atoms with Crippen LogP contribution in [0.4, 0.5) is 0 Å². The molecule has 2 aromatic heterocycles. The normalized spacial score (nSPS) is 10.5. The van der Waals surface area contributed by atoms with Crippen molar-refractivity contribution < 1.29 is 14.1 Å². The van der Waals surface area contributed by atoms with Crippen molar-refractivity contribution in [3.63, 3.8) is 0 Å². The first-order chi connectivity index (χ1) is 12.7. The molecule has 7 nitrogen and oxygen atoms in total. The molecule has 26 heavy (non-hydrogen) atoms. The van der Waals surface area contributed by atoms with Crippen LogP contribution < -0.4 is 10.9 Å². The van der Waals surface area contributed by atoms with Crippen LogP contribution in [0.15, 0.2) is 46.3 Å². The molecule has 0 radical (unpaired) electrons. The van der Waals surface area contributed by atoms with Crippen LogP contribution in [0.5, 0.6) is 0 Å². The highest BCUT2D eigenvalue weighted by Gasteiger charge is 2.12. The second kappa shape index (κ2) is 8.39. The highest BCUT2D eigenvalue weighted by molar-refractivity contribution is 7.12. The largest absolute Gasteiger partial charge is 0.339 e. The fraction of sp³-hybridized carbons (Fsp3) is 0.222. The predicted octanol–water partition coefficient (Wildman–Crippen LogP) is 2.75. The molecule has 0 saturated carbocycles. The summed E-state index contributed by atoms with van der Waals surface area (Å²) in [6.45, 7) is 2.09. The minimum atomic E-state index is -0.344. The number of hydrogen-bond donors (Lipinski definition) is 2. The molecule has 0 fully saturated rings. The molecule has 3 aromatic rings. The number of thiophene rings is 1. The molecule has 0 aliphatic carbocycles. The lowest BCUT2D eigenvalue weighted by molar-refractivity contribution is -0.121. The summed E-state index contributed by atoms with van der Waals surface area (Å²) in [5.41, 5.74) is 6.84. The quantitative estimate of drug-likeness (QED) is 0.650. The Kier molecular flexibility index (Phi) is 5.75. The summed E-state index contributed by atoms with van der Waals surface area (Å²) < 4.78 is 5.18. The van der Waals surface area contributed by atoms with Crippen molar-refractivity contribution in [2.75, 3.05) is 0 Å². The van der Waals surface area contributed by atoms with Gasteiger partial charge in [-0.1, -0.05) is 42.4 Å². The summed E-state index contributed by atoms with van der Waals surface area (Å²) >= 11 is 1.30. The lowest BCUT2D eigenvalue weighted by Crippen LogP contribution is -2.41.